The van der Waals surface area contributed by atoms with Crippen molar-refractivity contribution in [3.05, 3.63) is 35.4 Å². The van der Waals surface area contributed by atoms with Crippen LogP contribution in [0.4, 0.5) is 18.0 Å². The zero-order chi connectivity index (χ0) is 18.1. The second kappa shape index (κ2) is 6.63. The molecule has 0 saturated carbocycles. The molecule has 7 heteroatoms. The van der Waals surface area contributed by atoms with Gasteiger partial charge in [-0.25, -0.2) is 4.79 Å². The molecule has 0 aliphatic carbocycles. The van der Waals surface area contributed by atoms with Gasteiger partial charge in [0.15, 0.2) is 0 Å². The maximum Gasteiger partial charge on any atom is 0.416 e. The summed E-state index contributed by atoms with van der Waals surface area (Å²) in [4.78, 5) is 13.7. The second-order valence-electron chi connectivity index (χ2n) is 7.07. The molecule has 2 N–H and O–H groups in total. The van der Waals surface area contributed by atoms with Crippen LogP contribution in [0.15, 0.2) is 24.3 Å². The monoisotopic (exact) mass is 344 g/mol. The fourth-order valence-electron chi connectivity index (χ4n) is 2.87. The van der Waals surface area contributed by atoms with Crippen molar-refractivity contribution in [2.45, 2.75) is 50.9 Å². The fraction of sp³-hybridized carbons (Fsp3) is 0.588. The quantitative estimate of drug-likeness (QED) is 0.844. The van der Waals surface area contributed by atoms with Crippen molar-refractivity contribution >= 4 is 6.09 Å². The van der Waals surface area contributed by atoms with Gasteiger partial charge in [0.05, 0.1) is 5.56 Å². The standard InChI is InChI=1S/C17H23F3N2O2/c1-16(2,3)24-15(23)22-9-8-14(21)12(10-22)11-6-4-5-7-13(11)17(18,19)20/h4-7,12,14H,8-10,21H2,1-3H3. The van der Waals surface area contributed by atoms with Gasteiger partial charge in [-0.3, -0.25) is 0 Å². The SMILES string of the molecule is CC(C)(C)OC(=O)N1CCC(N)C(c2ccccc2C(F)(F)F)C1. The summed E-state index contributed by atoms with van der Waals surface area (Å²) in [6.45, 7) is 5.73. The van der Waals surface area contributed by atoms with Gasteiger partial charge in [-0.15, -0.1) is 0 Å². The Morgan fingerprint density at radius 2 is 1.88 bits per heavy atom. The minimum atomic E-state index is -4.45. The molecule has 2 rings (SSSR count). The number of alkyl halides is 3. The van der Waals surface area contributed by atoms with Crippen molar-refractivity contribution < 1.29 is 22.7 Å². The summed E-state index contributed by atoms with van der Waals surface area (Å²) >= 11 is 0. The zero-order valence-electron chi connectivity index (χ0n) is 14.1. The normalized spacial score (nSPS) is 22.4. The summed E-state index contributed by atoms with van der Waals surface area (Å²) in [5, 5.41) is 0. The Labute approximate surface area is 139 Å². The fourth-order valence-corrected chi connectivity index (χ4v) is 2.87. The predicted octanol–water partition coefficient (Wildman–Crippen LogP) is 3.76. The molecule has 1 amide bonds. The van der Waals surface area contributed by atoms with E-state index in [2.05, 4.69) is 0 Å². The summed E-state index contributed by atoms with van der Waals surface area (Å²) < 4.78 is 45.1. The van der Waals surface area contributed by atoms with Crippen molar-refractivity contribution in [3.8, 4) is 0 Å². The molecule has 4 nitrogen and oxygen atoms in total. The van der Waals surface area contributed by atoms with Gasteiger partial charge in [-0.1, -0.05) is 18.2 Å². The number of benzene rings is 1. The van der Waals surface area contributed by atoms with Crippen LogP contribution in [0.1, 0.15) is 44.2 Å². The average molecular weight is 344 g/mol. The Balaban J connectivity index is 2.26. The maximum absolute atomic E-state index is 13.3. The third-order valence-electron chi connectivity index (χ3n) is 3.98. The van der Waals surface area contributed by atoms with Crippen molar-refractivity contribution in [1.82, 2.24) is 4.90 Å². The molecular formula is C17H23F3N2O2. The predicted molar refractivity (Wildman–Crippen MR) is 84.6 cm³/mol. The molecule has 1 heterocycles. The van der Waals surface area contributed by atoms with Gasteiger partial charge in [-0.2, -0.15) is 13.2 Å². The lowest BCUT2D eigenvalue weighted by Crippen LogP contribution is -2.49. The summed E-state index contributed by atoms with van der Waals surface area (Å²) in [5.41, 5.74) is 4.84. The summed E-state index contributed by atoms with van der Waals surface area (Å²) in [6, 6.07) is 4.96. The van der Waals surface area contributed by atoms with Crippen LogP contribution in [0.25, 0.3) is 0 Å². The van der Waals surface area contributed by atoms with E-state index in [9.17, 15) is 18.0 Å². The van der Waals surface area contributed by atoms with Crippen molar-refractivity contribution in [3.63, 3.8) is 0 Å². The van der Waals surface area contributed by atoms with Crippen molar-refractivity contribution in [2.75, 3.05) is 13.1 Å². The number of nitrogens with zero attached hydrogens (tertiary/aromatic N) is 1. The summed E-state index contributed by atoms with van der Waals surface area (Å²) in [6.07, 6.45) is -4.55. The smallest absolute Gasteiger partial charge is 0.416 e. The van der Waals surface area contributed by atoms with Gasteiger partial charge >= 0.3 is 12.3 Å². The highest BCUT2D eigenvalue weighted by atomic mass is 19.4. The third-order valence-corrected chi connectivity index (χ3v) is 3.98. The molecular weight excluding hydrogens is 321 g/mol. The first kappa shape index (κ1) is 18.6. The number of carbonyl (C=O) groups excluding carboxylic acids is 1. The molecule has 1 fully saturated rings. The summed E-state index contributed by atoms with van der Waals surface area (Å²) in [7, 11) is 0. The lowest BCUT2D eigenvalue weighted by atomic mass is 9.84. The first-order valence-electron chi connectivity index (χ1n) is 7.88. The molecule has 1 aromatic rings. The first-order valence-corrected chi connectivity index (χ1v) is 7.88. The number of ether oxygens (including phenoxy) is 1. The first-order chi connectivity index (χ1) is 11.0. The van der Waals surface area contributed by atoms with E-state index in [4.69, 9.17) is 10.5 Å². The second-order valence-corrected chi connectivity index (χ2v) is 7.07. The number of amides is 1. The molecule has 134 valence electrons. The molecule has 2 atom stereocenters. The third kappa shape index (κ3) is 4.41. The Morgan fingerprint density at radius 1 is 1.25 bits per heavy atom. The van der Waals surface area contributed by atoms with Gasteiger partial charge in [0.1, 0.15) is 5.60 Å². The van der Waals surface area contributed by atoms with Crippen LogP contribution in [-0.2, 0) is 10.9 Å². The van der Waals surface area contributed by atoms with E-state index < -0.39 is 35.4 Å². The minimum Gasteiger partial charge on any atom is -0.444 e. The van der Waals surface area contributed by atoms with Crippen LogP contribution in [0, 0.1) is 0 Å². The van der Waals surface area contributed by atoms with Crippen molar-refractivity contribution in [1.29, 1.82) is 0 Å². The lowest BCUT2D eigenvalue weighted by molar-refractivity contribution is -0.138. The topological polar surface area (TPSA) is 55.6 Å². The largest absolute Gasteiger partial charge is 0.444 e. The van der Waals surface area contributed by atoms with Crippen molar-refractivity contribution in [2.24, 2.45) is 5.73 Å². The Morgan fingerprint density at radius 3 is 2.46 bits per heavy atom. The molecule has 24 heavy (non-hydrogen) atoms. The molecule has 0 bridgehead atoms. The van der Waals surface area contributed by atoms with Crippen LogP contribution in [0.3, 0.4) is 0 Å². The number of likely N-dealkylation sites (tertiary alicyclic amines) is 1. The highest BCUT2D eigenvalue weighted by molar-refractivity contribution is 5.68. The van der Waals surface area contributed by atoms with E-state index in [1.807, 2.05) is 0 Å². The van der Waals surface area contributed by atoms with E-state index in [0.717, 1.165) is 6.07 Å². The molecule has 1 aliphatic heterocycles. The number of hydrogen-bond donors (Lipinski definition) is 1. The Kier molecular flexibility index (Phi) is 5.13. The minimum absolute atomic E-state index is 0.114. The van der Waals surface area contributed by atoms with Gasteiger partial charge < -0.3 is 15.4 Å². The average Bonchev–Trinajstić information content (AvgIpc) is 2.45. The van der Waals surface area contributed by atoms with Gasteiger partial charge in [0, 0.05) is 25.0 Å². The van der Waals surface area contributed by atoms with Crippen LogP contribution in [-0.4, -0.2) is 35.7 Å². The maximum atomic E-state index is 13.3. The highest BCUT2D eigenvalue weighted by Gasteiger charge is 2.39. The number of rotatable bonds is 1. The lowest BCUT2D eigenvalue weighted by Gasteiger charge is -2.38. The van der Waals surface area contributed by atoms with E-state index in [1.54, 1.807) is 26.8 Å². The van der Waals surface area contributed by atoms with Crippen LogP contribution < -0.4 is 5.73 Å². The van der Waals surface area contributed by atoms with E-state index in [-0.39, 0.29) is 12.1 Å². The molecule has 0 spiro atoms. The van der Waals surface area contributed by atoms with Crippen LogP contribution in [0.5, 0.6) is 0 Å². The summed E-state index contributed by atoms with van der Waals surface area (Å²) in [5.74, 6) is -0.580. The molecule has 1 aliphatic rings. The number of halogens is 3. The van der Waals surface area contributed by atoms with E-state index >= 15 is 0 Å². The number of nitrogens with two attached hydrogens (primary N) is 1. The molecule has 1 saturated heterocycles. The zero-order valence-corrected chi connectivity index (χ0v) is 14.1. The molecule has 1 aromatic carbocycles. The highest BCUT2D eigenvalue weighted by Crippen LogP contribution is 2.37. The number of hydrogen-bond acceptors (Lipinski definition) is 3. The van der Waals surface area contributed by atoms with Gasteiger partial charge in [-0.05, 0) is 38.8 Å². The molecule has 0 aromatic heterocycles. The van der Waals surface area contributed by atoms with Gasteiger partial charge in [0.25, 0.3) is 0 Å². The molecule has 0 radical (unpaired) electrons. The molecule has 2 unspecified atom stereocenters. The Bertz CT molecular complexity index is 596. The van der Waals surface area contributed by atoms with Crippen LogP contribution >= 0.6 is 0 Å². The number of piperidine rings is 1. The van der Waals surface area contributed by atoms with E-state index in [0.29, 0.717) is 13.0 Å². The number of carbonyl (C=O) groups is 1. The van der Waals surface area contributed by atoms with E-state index in [1.165, 1.54) is 17.0 Å². The Hall–Kier alpha value is -1.76. The van der Waals surface area contributed by atoms with Gasteiger partial charge in [0.2, 0.25) is 0 Å². The van der Waals surface area contributed by atoms with Crippen LogP contribution in [0.2, 0.25) is 0 Å².